The molecule has 3 aliphatic rings. The summed E-state index contributed by atoms with van der Waals surface area (Å²) in [5.74, 6) is 0.665. The summed E-state index contributed by atoms with van der Waals surface area (Å²) in [5.41, 5.74) is 3.06. The molecule has 1 spiro atoms. The molecule has 0 radical (unpaired) electrons. The Labute approximate surface area is 173 Å². The molecule has 1 saturated carbocycles. The van der Waals surface area contributed by atoms with Crippen molar-refractivity contribution in [2.24, 2.45) is 0 Å². The molecule has 9 heteroatoms. The summed E-state index contributed by atoms with van der Waals surface area (Å²) in [6.07, 6.45) is 8.62. The lowest BCUT2D eigenvalue weighted by Gasteiger charge is -2.34. The molecule has 1 atom stereocenters. The van der Waals surface area contributed by atoms with E-state index in [1.807, 2.05) is 24.3 Å². The average molecular weight is 413 g/mol. The molecule has 0 bridgehead atoms. The minimum absolute atomic E-state index is 0.0236. The third-order valence-electron chi connectivity index (χ3n) is 5.92. The number of likely N-dealkylation sites (tertiary alicyclic amines) is 1. The fraction of sp³-hybridized carbons (Fsp3) is 0.550. The lowest BCUT2D eigenvalue weighted by Crippen LogP contribution is -2.42. The third kappa shape index (κ3) is 3.46. The van der Waals surface area contributed by atoms with Crippen LogP contribution < -0.4 is 5.32 Å². The number of thioether (sulfide) groups is 1. The van der Waals surface area contributed by atoms with Crippen molar-refractivity contribution in [3.8, 4) is 0 Å². The highest BCUT2D eigenvalue weighted by Gasteiger charge is 2.46. The van der Waals surface area contributed by atoms with E-state index in [4.69, 9.17) is 9.72 Å². The summed E-state index contributed by atoms with van der Waals surface area (Å²) in [5, 5.41) is 4.07. The molecule has 1 amide bonds. The first-order valence-electron chi connectivity index (χ1n) is 9.95. The zero-order valence-corrected chi connectivity index (χ0v) is 17.5. The van der Waals surface area contributed by atoms with Crippen LogP contribution in [0.3, 0.4) is 0 Å². The minimum atomic E-state index is -0.278. The highest BCUT2D eigenvalue weighted by molar-refractivity contribution is 7.98. The van der Waals surface area contributed by atoms with Gasteiger partial charge in [0.25, 0.3) is 5.91 Å². The maximum atomic E-state index is 13.2. The topological polar surface area (TPSA) is 93.1 Å². The highest BCUT2D eigenvalue weighted by atomic mass is 32.2. The number of nitrogens with one attached hydrogen (secondary N) is 1. The van der Waals surface area contributed by atoms with E-state index in [1.54, 1.807) is 6.20 Å². The quantitative estimate of drug-likeness (QED) is 0.603. The summed E-state index contributed by atoms with van der Waals surface area (Å²) >= 11 is 1.47. The average Bonchev–Trinajstić information content (AvgIpc) is 3.45. The third-order valence-corrected chi connectivity index (χ3v) is 6.49. The molecular formula is C20H24N6O2S. The summed E-state index contributed by atoms with van der Waals surface area (Å²) < 4.78 is 5.89. The second-order valence-corrected chi connectivity index (χ2v) is 8.87. The van der Waals surface area contributed by atoms with Gasteiger partial charge in [0.1, 0.15) is 0 Å². The van der Waals surface area contributed by atoms with Gasteiger partial charge in [-0.25, -0.2) is 19.9 Å². The molecule has 0 unspecified atom stereocenters. The van der Waals surface area contributed by atoms with Crippen molar-refractivity contribution in [2.45, 2.75) is 49.4 Å². The number of hydrogen-bond acceptors (Lipinski definition) is 8. The monoisotopic (exact) mass is 412 g/mol. The molecule has 1 N–H and O–H groups in total. The van der Waals surface area contributed by atoms with E-state index in [1.165, 1.54) is 24.6 Å². The van der Waals surface area contributed by atoms with Gasteiger partial charge in [-0.05, 0) is 32.4 Å². The number of carbonyl (C=O) groups is 1. The van der Waals surface area contributed by atoms with Crippen molar-refractivity contribution in [3.05, 3.63) is 34.9 Å². The maximum absolute atomic E-state index is 13.2. The first-order valence-corrected chi connectivity index (χ1v) is 11.2. The van der Waals surface area contributed by atoms with Crippen molar-refractivity contribution < 1.29 is 9.53 Å². The zero-order chi connectivity index (χ0) is 20.0. The second kappa shape index (κ2) is 7.21. The first kappa shape index (κ1) is 18.7. The number of anilines is 1. The smallest absolute Gasteiger partial charge is 0.257 e. The van der Waals surface area contributed by atoms with Gasteiger partial charge >= 0.3 is 0 Å². The molecule has 1 aliphatic carbocycles. The van der Waals surface area contributed by atoms with E-state index in [-0.39, 0.29) is 11.3 Å². The van der Waals surface area contributed by atoms with Crippen molar-refractivity contribution in [1.29, 1.82) is 0 Å². The second-order valence-electron chi connectivity index (χ2n) is 8.09. The molecule has 152 valence electrons. The summed E-state index contributed by atoms with van der Waals surface area (Å²) in [6.45, 7) is 4.22. The fourth-order valence-corrected chi connectivity index (χ4v) is 4.54. The number of nitrogens with zero attached hydrogens (tertiary/aromatic N) is 5. The SMILES string of the molecule is CSc1ncc(C(=O)N2CC[C@@]3(COCc4cnc(NC5CC5)nc43)C2)c(C)n1. The van der Waals surface area contributed by atoms with Crippen LogP contribution in [0.15, 0.2) is 17.6 Å². The molecule has 2 fully saturated rings. The van der Waals surface area contributed by atoms with Gasteiger partial charge in [0, 0.05) is 37.1 Å². The van der Waals surface area contributed by atoms with Crippen LogP contribution in [0, 0.1) is 6.92 Å². The van der Waals surface area contributed by atoms with E-state index >= 15 is 0 Å². The van der Waals surface area contributed by atoms with Crippen LogP contribution in [0.5, 0.6) is 0 Å². The Bertz CT molecular complexity index is 966. The van der Waals surface area contributed by atoms with Crippen LogP contribution in [-0.2, 0) is 16.8 Å². The lowest BCUT2D eigenvalue weighted by molar-refractivity contribution is 0.0485. The molecule has 2 aliphatic heterocycles. The van der Waals surface area contributed by atoms with E-state index in [9.17, 15) is 4.79 Å². The molecule has 2 aromatic heterocycles. The summed E-state index contributed by atoms with van der Waals surface area (Å²) in [4.78, 5) is 33.1. The number of carbonyl (C=O) groups excluding carboxylic acids is 1. The van der Waals surface area contributed by atoms with Crippen LogP contribution in [0.25, 0.3) is 0 Å². The van der Waals surface area contributed by atoms with Gasteiger partial charge in [-0.3, -0.25) is 4.79 Å². The number of fused-ring (bicyclic) bond motifs is 2. The molecular weight excluding hydrogens is 388 g/mol. The van der Waals surface area contributed by atoms with E-state index < -0.39 is 0 Å². The number of aryl methyl sites for hydroxylation is 1. The Morgan fingerprint density at radius 1 is 1.31 bits per heavy atom. The first-order chi connectivity index (χ1) is 14.1. The van der Waals surface area contributed by atoms with Crippen molar-refractivity contribution in [1.82, 2.24) is 24.8 Å². The van der Waals surface area contributed by atoms with Gasteiger partial charge < -0.3 is 15.0 Å². The molecule has 29 heavy (non-hydrogen) atoms. The van der Waals surface area contributed by atoms with Gasteiger partial charge in [-0.1, -0.05) is 11.8 Å². The predicted octanol–water partition coefficient (Wildman–Crippen LogP) is 2.19. The van der Waals surface area contributed by atoms with Gasteiger partial charge in [-0.2, -0.15) is 0 Å². The normalized spacial score (nSPS) is 23.3. The maximum Gasteiger partial charge on any atom is 0.257 e. The molecule has 4 heterocycles. The van der Waals surface area contributed by atoms with Crippen LogP contribution in [-0.4, -0.2) is 62.7 Å². The highest BCUT2D eigenvalue weighted by Crippen LogP contribution is 2.40. The predicted molar refractivity (Wildman–Crippen MR) is 109 cm³/mol. The molecule has 5 rings (SSSR count). The molecule has 0 aromatic carbocycles. The van der Waals surface area contributed by atoms with Gasteiger partial charge in [-0.15, -0.1) is 0 Å². The number of rotatable bonds is 4. The van der Waals surface area contributed by atoms with Crippen LogP contribution in [0.1, 0.15) is 46.6 Å². The molecule has 8 nitrogen and oxygen atoms in total. The standard InChI is InChI=1S/C20H24N6O2S/c1-12-15(8-22-19(23-12)29-2)17(27)26-6-5-20(10-26)11-28-9-13-7-21-18(25-16(13)20)24-14-3-4-14/h7-8,14H,3-6,9-11H2,1-2H3,(H,21,24,25)/t20-/m0/s1. The fourth-order valence-electron chi connectivity index (χ4n) is 4.16. The van der Waals surface area contributed by atoms with Gasteiger partial charge in [0.2, 0.25) is 5.95 Å². The summed E-state index contributed by atoms with van der Waals surface area (Å²) in [6, 6.07) is 0.498. The van der Waals surface area contributed by atoms with E-state index in [0.29, 0.717) is 54.7 Å². The minimum Gasteiger partial charge on any atom is -0.376 e. The Hall–Kier alpha value is -2.26. The Morgan fingerprint density at radius 3 is 2.93 bits per heavy atom. The lowest BCUT2D eigenvalue weighted by atomic mass is 9.80. The van der Waals surface area contributed by atoms with Gasteiger partial charge in [0.05, 0.1) is 35.6 Å². The van der Waals surface area contributed by atoms with Crippen molar-refractivity contribution in [2.75, 3.05) is 31.3 Å². The Balaban J connectivity index is 1.41. The van der Waals surface area contributed by atoms with Crippen LogP contribution in [0.2, 0.25) is 0 Å². The Kier molecular flexibility index (Phi) is 4.66. The number of amides is 1. The number of ether oxygens (including phenoxy) is 1. The summed E-state index contributed by atoms with van der Waals surface area (Å²) in [7, 11) is 0. The zero-order valence-electron chi connectivity index (χ0n) is 16.6. The van der Waals surface area contributed by atoms with E-state index in [0.717, 1.165) is 17.7 Å². The van der Waals surface area contributed by atoms with Crippen molar-refractivity contribution >= 4 is 23.6 Å². The van der Waals surface area contributed by atoms with Crippen LogP contribution in [0.4, 0.5) is 5.95 Å². The van der Waals surface area contributed by atoms with Gasteiger partial charge in [0.15, 0.2) is 5.16 Å². The largest absolute Gasteiger partial charge is 0.376 e. The van der Waals surface area contributed by atoms with Crippen molar-refractivity contribution in [3.63, 3.8) is 0 Å². The van der Waals surface area contributed by atoms with Crippen LogP contribution >= 0.6 is 11.8 Å². The Morgan fingerprint density at radius 2 is 2.17 bits per heavy atom. The molecule has 1 saturated heterocycles. The molecule has 2 aromatic rings. The number of aromatic nitrogens is 4. The number of hydrogen-bond donors (Lipinski definition) is 1. The van der Waals surface area contributed by atoms with E-state index in [2.05, 4.69) is 20.3 Å².